The van der Waals surface area contributed by atoms with Crippen molar-refractivity contribution in [3.8, 4) is 5.75 Å². The van der Waals surface area contributed by atoms with E-state index in [2.05, 4.69) is 9.80 Å². The summed E-state index contributed by atoms with van der Waals surface area (Å²) in [4.78, 5) is 40.2. The number of hydrogen-bond acceptors (Lipinski definition) is 9. The first-order valence-electron chi connectivity index (χ1n) is 16.3. The van der Waals surface area contributed by atoms with Gasteiger partial charge in [-0.25, -0.2) is 9.78 Å². The van der Waals surface area contributed by atoms with Crippen molar-refractivity contribution in [3.63, 3.8) is 0 Å². The molecule has 0 saturated carbocycles. The van der Waals surface area contributed by atoms with Gasteiger partial charge in [0.05, 0.1) is 23.8 Å². The Morgan fingerprint density at radius 3 is 2.60 bits per heavy atom. The number of ether oxygens (including phenoxy) is 2. The number of nitrogens with two attached hydrogens (primary N) is 1. The Bertz CT molecular complexity index is 1730. The third kappa shape index (κ3) is 6.97. The Labute approximate surface area is 275 Å². The van der Waals surface area contributed by atoms with Gasteiger partial charge in [-0.2, -0.15) is 9.61 Å². The molecule has 4 heterocycles. The summed E-state index contributed by atoms with van der Waals surface area (Å²) < 4.78 is 13.8. The van der Waals surface area contributed by atoms with Crippen molar-refractivity contribution in [1.82, 2.24) is 24.4 Å². The van der Waals surface area contributed by atoms with E-state index in [0.29, 0.717) is 36.5 Å². The summed E-state index contributed by atoms with van der Waals surface area (Å²) in [5.74, 6) is 1.95. The zero-order chi connectivity index (χ0) is 33.1. The number of carbonyl (C=O) groups excluding carboxylic acids is 2. The van der Waals surface area contributed by atoms with Crippen LogP contribution >= 0.6 is 0 Å². The monoisotopic (exact) mass is 640 g/mol. The van der Waals surface area contributed by atoms with Gasteiger partial charge in [0.2, 0.25) is 0 Å². The normalized spacial score (nSPS) is 19.3. The zero-order valence-corrected chi connectivity index (χ0v) is 27.6. The van der Waals surface area contributed by atoms with E-state index in [9.17, 15) is 9.59 Å². The standard InChI is InChI=1S/C35H44N8O4/c1-5-29-28-20-32-37-31(42-14-13-26(36)22-42)21-33(43(32)38-28)39(3)15-16-41(35(45)47-23-25-9-7-6-8-10-25)17-18-46-30-12-11-24(2)19-27(30)34(44)40(29)4/h6-12,19-21,26,29H,5,13-18,22-23,36H2,1-4H3/t26-,29?/m0/s1. The minimum absolute atomic E-state index is 0.0949. The van der Waals surface area contributed by atoms with E-state index >= 15 is 0 Å². The molecule has 6 rings (SSSR count). The van der Waals surface area contributed by atoms with Crippen LogP contribution in [0.2, 0.25) is 0 Å². The first-order chi connectivity index (χ1) is 22.7. The maximum atomic E-state index is 14.1. The SMILES string of the molecule is CCC1c2cc3nc(N4CC[C@H](N)C4)cc(n3n2)N(C)CCN(C(=O)OCc2ccccc2)CCOc2ccc(C)cc2C(=O)N1C. The Kier molecular flexibility index (Phi) is 9.48. The van der Waals surface area contributed by atoms with Crippen LogP contribution in [-0.2, 0) is 11.3 Å². The number of carbonyl (C=O) groups is 2. The number of aromatic nitrogens is 3. The van der Waals surface area contributed by atoms with Crippen molar-refractivity contribution in [2.75, 3.05) is 63.2 Å². The van der Waals surface area contributed by atoms with Crippen LogP contribution in [0.4, 0.5) is 16.4 Å². The number of likely N-dealkylation sites (N-methyl/N-ethyl adjacent to an activating group) is 1. The molecule has 2 aliphatic rings. The van der Waals surface area contributed by atoms with Crippen LogP contribution in [-0.4, -0.2) is 95.9 Å². The van der Waals surface area contributed by atoms with Crippen molar-refractivity contribution >= 4 is 29.3 Å². The molecular weight excluding hydrogens is 596 g/mol. The van der Waals surface area contributed by atoms with Gasteiger partial charge in [0.15, 0.2) is 5.65 Å². The molecule has 2 aromatic heterocycles. The fraction of sp³-hybridized carbons (Fsp3) is 0.429. The Morgan fingerprint density at radius 1 is 1.04 bits per heavy atom. The van der Waals surface area contributed by atoms with Gasteiger partial charge >= 0.3 is 6.09 Å². The summed E-state index contributed by atoms with van der Waals surface area (Å²) in [5, 5.41) is 5.02. The van der Waals surface area contributed by atoms with E-state index in [1.807, 2.05) is 86.1 Å². The third-order valence-electron chi connectivity index (χ3n) is 9.02. The molecule has 1 saturated heterocycles. The molecule has 12 nitrogen and oxygen atoms in total. The number of anilines is 2. The van der Waals surface area contributed by atoms with Crippen LogP contribution < -0.4 is 20.3 Å². The van der Waals surface area contributed by atoms with Gasteiger partial charge < -0.3 is 34.8 Å². The lowest BCUT2D eigenvalue weighted by molar-refractivity contribution is 0.0714. The summed E-state index contributed by atoms with van der Waals surface area (Å²) in [5.41, 5.74) is 10.0. The first-order valence-corrected chi connectivity index (χ1v) is 16.3. The quantitative estimate of drug-likeness (QED) is 0.349. The molecule has 0 spiro atoms. The fourth-order valence-corrected chi connectivity index (χ4v) is 6.26. The second kappa shape index (κ2) is 13.9. The zero-order valence-electron chi connectivity index (χ0n) is 27.6. The lowest BCUT2D eigenvalue weighted by Crippen LogP contribution is -2.40. The first kappa shape index (κ1) is 32.1. The van der Waals surface area contributed by atoms with Gasteiger partial charge in [-0.05, 0) is 37.5 Å². The maximum absolute atomic E-state index is 14.1. The van der Waals surface area contributed by atoms with Crippen molar-refractivity contribution < 1.29 is 19.1 Å². The van der Waals surface area contributed by atoms with Gasteiger partial charge in [-0.1, -0.05) is 48.9 Å². The number of aryl methyl sites for hydroxylation is 1. The van der Waals surface area contributed by atoms with Crippen LogP contribution in [0.15, 0.2) is 60.7 Å². The summed E-state index contributed by atoms with van der Waals surface area (Å²) in [6.45, 7) is 7.04. The molecule has 12 heteroatoms. The van der Waals surface area contributed by atoms with Crippen molar-refractivity contribution in [3.05, 3.63) is 83.0 Å². The van der Waals surface area contributed by atoms with Gasteiger partial charge in [0.25, 0.3) is 5.91 Å². The molecule has 2 bridgehead atoms. The number of hydrogen-bond donors (Lipinski definition) is 1. The van der Waals surface area contributed by atoms with Crippen LogP contribution in [0.5, 0.6) is 5.75 Å². The van der Waals surface area contributed by atoms with Crippen molar-refractivity contribution in [2.24, 2.45) is 5.73 Å². The molecule has 248 valence electrons. The summed E-state index contributed by atoms with van der Waals surface area (Å²) in [7, 11) is 3.78. The van der Waals surface area contributed by atoms with Crippen molar-refractivity contribution in [1.29, 1.82) is 0 Å². The molecule has 1 unspecified atom stereocenters. The van der Waals surface area contributed by atoms with E-state index in [-0.39, 0.29) is 37.7 Å². The molecule has 0 aliphatic carbocycles. The molecule has 2 amide bonds. The van der Waals surface area contributed by atoms with Gasteiger partial charge in [0.1, 0.15) is 30.6 Å². The average Bonchev–Trinajstić information content (AvgIpc) is 3.71. The van der Waals surface area contributed by atoms with Gasteiger partial charge in [-0.15, -0.1) is 0 Å². The minimum Gasteiger partial charge on any atom is -0.491 e. The predicted molar refractivity (Wildman–Crippen MR) is 181 cm³/mol. The van der Waals surface area contributed by atoms with E-state index in [4.69, 9.17) is 25.3 Å². The molecule has 2 aliphatic heterocycles. The largest absolute Gasteiger partial charge is 0.491 e. The number of fused-ring (bicyclic) bond motifs is 2. The van der Waals surface area contributed by atoms with Gasteiger partial charge in [0, 0.05) is 58.4 Å². The lowest BCUT2D eigenvalue weighted by atomic mass is 10.1. The summed E-state index contributed by atoms with van der Waals surface area (Å²) >= 11 is 0. The average molecular weight is 641 g/mol. The Balaban J connectivity index is 1.39. The molecule has 2 aromatic carbocycles. The maximum Gasteiger partial charge on any atom is 0.410 e. The van der Waals surface area contributed by atoms with E-state index in [1.54, 1.807) is 16.8 Å². The number of amides is 2. The smallest absolute Gasteiger partial charge is 0.410 e. The van der Waals surface area contributed by atoms with Crippen LogP contribution in [0, 0.1) is 6.92 Å². The fourth-order valence-electron chi connectivity index (χ4n) is 6.26. The molecule has 2 N–H and O–H groups in total. The van der Waals surface area contributed by atoms with E-state index < -0.39 is 6.09 Å². The molecule has 4 aromatic rings. The van der Waals surface area contributed by atoms with E-state index in [0.717, 1.165) is 48.0 Å². The number of rotatable bonds is 4. The number of nitrogens with zero attached hydrogens (tertiary/aromatic N) is 7. The summed E-state index contributed by atoms with van der Waals surface area (Å²) in [6, 6.07) is 19.0. The van der Waals surface area contributed by atoms with Crippen LogP contribution in [0.25, 0.3) is 5.65 Å². The lowest BCUT2D eigenvalue weighted by Gasteiger charge is -2.29. The number of benzene rings is 2. The third-order valence-corrected chi connectivity index (χ3v) is 9.02. The molecule has 0 radical (unpaired) electrons. The second-order valence-electron chi connectivity index (χ2n) is 12.4. The highest BCUT2D eigenvalue weighted by molar-refractivity contribution is 5.97. The highest BCUT2D eigenvalue weighted by Crippen LogP contribution is 2.31. The predicted octanol–water partition coefficient (Wildman–Crippen LogP) is 4.27. The Hall–Kier alpha value is -4.84. The highest BCUT2D eigenvalue weighted by Gasteiger charge is 2.29. The minimum atomic E-state index is -0.439. The van der Waals surface area contributed by atoms with Crippen LogP contribution in [0.3, 0.4) is 0 Å². The highest BCUT2D eigenvalue weighted by atomic mass is 16.6. The van der Waals surface area contributed by atoms with E-state index in [1.165, 1.54) is 0 Å². The summed E-state index contributed by atoms with van der Waals surface area (Å²) in [6.07, 6.45) is 1.12. The Morgan fingerprint density at radius 2 is 1.85 bits per heavy atom. The molecule has 2 atom stereocenters. The van der Waals surface area contributed by atoms with Crippen LogP contribution in [0.1, 0.15) is 53.0 Å². The molecular formula is C35H44N8O4. The second-order valence-corrected chi connectivity index (χ2v) is 12.4. The van der Waals surface area contributed by atoms with Gasteiger partial charge in [-0.3, -0.25) is 4.79 Å². The van der Waals surface area contributed by atoms with Crippen molar-refractivity contribution in [2.45, 2.75) is 45.4 Å². The molecule has 47 heavy (non-hydrogen) atoms. The topological polar surface area (TPSA) is 122 Å². The molecule has 1 fully saturated rings.